The van der Waals surface area contributed by atoms with Crippen molar-refractivity contribution in [2.24, 2.45) is 0 Å². The number of benzene rings is 1. The van der Waals surface area contributed by atoms with Crippen molar-refractivity contribution in [1.29, 1.82) is 5.26 Å². The van der Waals surface area contributed by atoms with Gasteiger partial charge in [-0.15, -0.1) is 0 Å². The van der Waals surface area contributed by atoms with Gasteiger partial charge in [-0.25, -0.2) is 0 Å². The Kier molecular flexibility index (Phi) is 4.90. The van der Waals surface area contributed by atoms with Crippen LogP contribution in [0.15, 0.2) is 18.2 Å². The van der Waals surface area contributed by atoms with Crippen molar-refractivity contribution in [2.45, 2.75) is 25.9 Å². The third-order valence-corrected chi connectivity index (χ3v) is 2.78. The normalized spacial score (nSPS) is 12.1. The van der Waals surface area contributed by atoms with Crippen LogP contribution in [-0.4, -0.2) is 6.04 Å². The second kappa shape index (κ2) is 5.97. The Balaban J connectivity index is 2.51. The highest BCUT2D eigenvalue weighted by atomic mass is 35.5. The van der Waals surface area contributed by atoms with Gasteiger partial charge in [-0.2, -0.15) is 5.26 Å². The maximum absolute atomic E-state index is 8.49. The van der Waals surface area contributed by atoms with E-state index in [2.05, 4.69) is 11.4 Å². The monoisotopic (exact) mass is 242 g/mol. The molecule has 1 aromatic rings. The van der Waals surface area contributed by atoms with Gasteiger partial charge in [0, 0.05) is 12.6 Å². The van der Waals surface area contributed by atoms with Gasteiger partial charge in [-0.3, -0.25) is 0 Å². The van der Waals surface area contributed by atoms with Crippen LogP contribution in [0.4, 0.5) is 0 Å². The summed E-state index contributed by atoms with van der Waals surface area (Å²) < 4.78 is 0. The lowest BCUT2D eigenvalue weighted by Gasteiger charge is -2.10. The Morgan fingerprint density at radius 2 is 2.13 bits per heavy atom. The van der Waals surface area contributed by atoms with E-state index in [1.807, 2.05) is 19.1 Å². The number of hydrogen-bond donors (Lipinski definition) is 1. The highest BCUT2D eigenvalue weighted by molar-refractivity contribution is 6.42. The second-order valence-electron chi connectivity index (χ2n) is 3.39. The minimum Gasteiger partial charge on any atom is -0.309 e. The lowest BCUT2D eigenvalue weighted by Crippen LogP contribution is -2.24. The Labute approximate surface area is 99.8 Å². The van der Waals surface area contributed by atoms with Gasteiger partial charge in [-0.1, -0.05) is 29.3 Å². The van der Waals surface area contributed by atoms with Gasteiger partial charge in [0.15, 0.2) is 0 Å². The van der Waals surface area contributed by atoms with Crippen LogP contribution in [0.2, 0.25) is 10.0 Å². The Hall–Kier alpha value is -0.750. The predicted octanol–water partition coefficient (Wildman–Crippen LogP) is 3.39. The van der Waals surface area contributed by atoms with E-state index in [-0.39, 0.29) is 6.04 Å². The first-order valence-electron chi connectivity index (χ1n) is 4.67. The molecule has 80 valence electrons. The fourth-order valence-corrected chi connectivity index (χ4v) is 1.47. The quantitative estimate of drug-likeness (QED) is 0.879. The number of halogens is 2. The highest BCUT2D eigenvalue weighted by Crippen LogP contribution is 2.22. The zero-order chi connectivity index (χ0) is 11.3. The highest BCUT2D eigenvalue weighted by Gasteiger charge is 2.02. The summed E-state index contributed by atoms with van der Waals surface area (Å²) in [5.41, 5.74) is 1.06. The van der Waals surface area contributed by atoms with E-state index in [1.165, 1.54) is 0 Å². The molecule has 0 saturated carbocycles. The van der Waals surface area contributed by atoms with Crippen molar-refractivity contribution in [3.63, 3.8) is 0 Å². The fourth-order valence-electron chi connectivity index (χ4n) is 1.15. The average Bonchev–Trinajstić information content (AvgIpc) is 2.20. The molecule has 0 aliphatic rings. The van der Waals surface area contributed by atoms with Crippen LogP contribution in [0.25, 0.3) is 0 Å². The molecule has 1 N–H and O–H groups in total. The minimum absolute atomic E-state index is 0.185. The van der Waals surface area contributed by atoms with Gasteiger partial charge in [0.05, 0.1) is 22.5 Å². The summed E-state index contributed by atoms with van der Waals surface area (Å²) in [5, 5.41) is 12.8. The van der Waals surface area contributed by atoms with E-state index >= 15 is 0 Å². The van der Waals surface area contributed by atoms with Crippen LogP contribution in [-0.2, 0) is 6.54 Å². The van der Waals surface area contributed by atoms with E-state index in [9.17, 15) is 0 Å². The summed E-state index contributed by atoms with van der Waals surface area (Å²) >= 11 is 11.7. The molecule has 0 aliphatic heterocycles. The lowest BCUT2D eigenvalue weighted by atomic mass is 10.2. The number of nitrogens with zero attached hydrogens (tertiary/aromatic N) is 1. The molecular weight excluding hydrogens is 231 g/mol. The Morgan fingerprint density at radius 1 is 1.40 bits per heavy atom. The molecule has 4 heteroatoms. The van der Waals surface area contributed by atoms with E-state index in [4.69, 9.17) is 28.5 Å². The maximum atomic E-state index is 8.49. The lowest BCUT2D eigenvalue weighted by molar-refractivity contribution is 0.557. The first kappa shape index (κ1) is 12.3. The molecule has 1 unspecified atom stereocenters. The fraction of sp³-hybridized carbons (Fsp3) is 0.364. The smallest absolute Gasteiger partial charge is 0.0638 e. The number of hydrogen-bond acceptors (Lipinski definition) is 2. The van der Waals surface area contributed by atoms with Gasteiger partial charge >= 0.3 is 0 Å². The van der Waals surface area contributed by atoms with E-state index in [1.54, 1.807) is 6.07 Å². The van der Waals surface area contributed by atoms with Crippen molar-refractivity contribution < 1.29 is 0 Å². The van der Waals surface area contributed by atoms with Crippen LogP contribution >= 0.6 is 23.2 Å². The molecule has 0 spiro atoms. The Bertz CT molecular complexity index is 371. The number of nitriles is 1. The largest absolute Gasteiger partial charge is 0.309 e. The molecule has 0 saturated heterocycles. The summed E-state index contributed by atoms with van der Waals surface area (Å²) in [5.74, 6) is 0. The third-order valence-electron chi connectivity index (χ3n) is 2.04. The first-order chi connectivity index (χ1) is 7.13. The van der Waals surface area contributed by atoms with Gasteiger partial charge < -0.3 is 5.32 Å². The van der Waals surface area contributed by atoms with Gasteiger partial charge in [-0.05, 0) is 24.6 Å². The van der Waals surface area contributed by atoms with Gasteiger partial charge in [0.25, 0.3) is 0 Å². The van der Waals surface area contributed by atoms with E-state index < -0.39 is 0 Å². The third kappa shape index (κ3) is 4.09. The van der Waals surface area contributed by atoms with Crippen molar-refractivity contribution in [3.8, 4) is 6.07 Å². The minimum atomic E-state index is 0.185. The SMILES string of the molecule is CC(CC#N)NCc1ccc(Cl)c(Cl)c1. The first-order valence-corrected chi connectivity index (χ1v) is 5.43. The zero-order valence-corrected chi connectivity index (χ0v) is 9.94. The van der Waals surface area contributed by atoms with Crippen LogP contribution < -0.4 is 5.32 Å². The number of nitrogens with one attached hydrogen (secondary N) is 1. The molecule has 0 aromatic heterocycles. The zero-order valence-electron chi connectivity index (χ0n) is 8.43. The van der Waals surface area contributed by atoms with E-state index in [0.717, 1.165) is 5.56 Å². The number of rotatable bonds is 4. The Morgan fingerprint density at radius 3 is 2.73 bits per heavy atom. The average molecular weight is 243 g/mol. The molecule has 1 aromatic carbocycles. The molecule has 15 heavy (non-hydrogen) atoms. The standard InChI is InChI=1S/C11H12Cl2N2/c1-8(4-5-14)15-7-9-2-3-10(12)11(13)6-9/h2-3,6,8,15H,4,7H2,1H3. The molecule has 1 rings (SSSR count). The van der Waals surface area contributed by atoms with Crippen molar-refractivity contribution >= 4 is 23.2 Å². The van der Waals surface area contributed by atoms with Crippen molar-refractivity contribution in [1.82, 2.24) is 5.32 Å². The summed E-state index contributed by atoms with van der Waals surface area (Å²) in [4.78, 5) is 0. The second-order valence-corrected chi connectivity index (χ2v) is 4.21. The summed E-state index contributed by atoms with van der Waals surface area (Å²) in [7, 11) is 0. The molecule has 1 atom stereocenters. The van der Waals surface area contributed by atoms with Crippen LogP contribution in [0.3, 0.4) is 0 Å². The van der Waals surface area contributed by atoms with Crippen LogP contribution in [0.5, 0.6) is 0 Å². The predicted molar refractivity (Wildman–Crippen MR) is 63.0 cm³/mol. The summed E-state index contributed by atoms with van der Waals surface area (Å²) in [6.45, 7) is 2.67. The van der Waals surface area contributed by atoms with Gasteiger partial charge in [0.1, 0.15) is 0 Å². The molecule has 0 heterocycles. The topological polar surface area (TPSA) is 35.8 Å². The van der Waals surface area contributed by atoms with Crippen LogP contribution in [0, 0.1) is 11.3 Å². The molecule has 0 amide bonds. The van der Waals surface area contributed by atoms with Crippen molar-refractivity contribution in [2.75, 3.05) is 0 Å². The summed E-state index contributed by atoms with van der Waals surface area (Å²) in [6.07, 6.45) is 0.501. The molecule has 0 fully saturated rings. The summed E-state index contributed by atoms with van der Waals surface area (Å²) in [6, 6.07) is 7.82. The maximum Gasteiger partial charge on any atom is 0.0638 e. The van der Waals surface area contributed by atoms with E-state index in [0.29, 0.717) is 23.0 Å². The molecule has 2 nitrogen and oxygen atoms in total. The molecule has 0 bridgehead atoms. The molecule has 0 aliphatic carbocycles. The van der Waals surface area contributed by atoms with Crippen LogP contribution in [0.1, 0.15) is 18.9 Å². The molecule has 0 radical (unpaired) electrons. The van der Waals surface area contributed by atoms with Gasteiger partial charge in [0.2, 0.25) is 0 Å². The molecular formula is C11H12Cl2N2. The van der Waals surface area contributed by atoms with Crippen molar-refractivity contribution in [3.05, 3.63) is 33.8 Å².